The van der Waals surface area contributed by atoms with Crippen LogP contribution in [0.25, 0.3) is 0 Å². The standard InChI is InChI=1S/C16H20FN3O/c1-12(13-10-18-11-13)16(21)20-8-6-19(7-9-20)15-4-2-14(17)3-5-15/h2-5,18H,6-11H2,1H3. The maximum Gasteiger partial charge on any atom is 0.249 e. The Balaban J connectivity index is 1.60. The lowest BCUT2D eigenvalue weighted by molar-refractivity contribution is -0.127. The minimum atomic E-state index is -0.219. The van der Waals surface area contributed by atoms with Crippen molar-refractivity contribution >= 4 is 11.6 Å². The summed E-state index contributed by atoms with van der Waals surface area (Å²) in [4.78, 5) is 16.5. The van der Waals surface area contributed by atoms with Crippen molar-refractivity contribution < 1.29 is 9.18 Å². The molecule has 2 heterocycles. The van der Waals surface area contributed by atoms with Gasteiger partial charge in [0, 0.05) is 50.5 Å². The van der Waals surface area contributed by atoms with Crippen LogP contribution in [0.15, 0.2) is 35.4 Å². The molecule has 0 radical (unpaired) electrons. The van der Waals surface area contributed by atoms with Gasteiger partial charge in [0.15, 0.2) is 0 Å². The first-order valence-corrected chi connectivity index (χ1v) is 7.34. The maximum absolute atomic E-state index is 12.9. The van der Waals surface area contributed by atoms with Crippen molar-refractivity contribution in [3.8, 4) is 0 Å². The lowest BCUT2D eigenvalue weighted by atomic mass is 10.0. The van der Waals surface area contributed by atoms with Gasteiger partial charge in [-0.15, -0.1) is 0 Å². The molecule has 1 amide bonds. The predicted octanol–water partition coefficient (Wildman–Crippen LogP) is 1.39. The van der Waals surface area contributed by atoms with Crippen LogP contribution in [0.4, 0.5) is 10.1 Å². The third kappa shape index (κ3) is 2.93. The zero-order valence-corrected chi connectivity index (χ0v) is 12.2. The highest BCUT2D eigenvalue weighted by atomic mass is 19.1. The number of nitrogens with one attached hydrogen (secondary N) is 1. The van der Waals surface area contributed by atoms with Crippen molar-refractivity contribution in [2.45, 2.75) is 6.92 Å². The zero-order chi connectivity index (χ0) is 14.8. The Hall–Kier alpha value is -1.88. The first-order chi connectivity index (χ1) is 10.1. The second-order valence-electron chi connectivity index (χ2n) is 5.59. The average Bonchev–Trinajstić information content (AvgIpc) is 2.46. The van der Waals surface area contributed by atoms with Gasteiger partial charge in [-0.25, -0.2) is 4.39 Å². The summed E-state index contributed by atoms with van der Waals surface area (Å²) in [5, 5.41) is 3.17. The lowest BCUT2D eigenvalue weighted by Gasteiger charge is -2.37. The van der Waals surface area contributed by atoms with E-state index in [9.17, 15) is 9.18 Å². The van der Waals surface area contributed by atoms with E-state index in [-0.39, 0.29) is 11.7 Å². The van der Waals surface area contributed by atoms with Gasteiger partial charge in [-0.3, -0.25) is 4.79 Å². The fourth-order valence-electron chi connectivity index (χ4n) is 2.72. The second-order valence-corrected chi connectivity index (χ2v) is 5.59. The van der Waals surface area contributed by atoms with Gasteiger partial charge < -0.3 is 15.1 Å². The molecule has 0 bridgehead atoms. The van der Waals surface area contributed by atoms with Crippen LogP contribution in [-0.2, 0) is 4.79 Å². The number of rotatable bonds is 2. The summed E-state index contributed by atoms with van der Waals surface area (Å²) in [5.41, 5.74) is 3.13. The molecule has 1 aromatic carbocycles. The normalized spacial score (nSPS) is 18.5. The zero-order valence-electron chi connectivity index (χ0n) is 12.2. The Kier molecular flexibility index (Phi) is 3.92. The molecule has 0 atom stereocenters. The van der Waals surface area contributed by atoms with Crippen molar-refractivity contribution in [2.75, 3.05) is 44.2 Å². The molecule has 112 valence electrons. The van der Waals surface area contributed by atoms with E-state index in [4.69, 9.17) is 0 Å². The van der Waals surface area contributed by atoms with Gasteiger partial charge in [0.05, 0.1) is 0 Å². The Morgan fingerprint density at radius 1 is 1.10 bits per heavy atom. The average molecular weight is 289 g/mol. The van der Waals surface area contributed by atoms with Crippen LogP contribution in [0.3, 0.4) is 0 Å². The van der Waals surface area contributed by atoms with Gasteiger partial charge in [0.1, 0.15) is 5.82 Å². The number of nitrogens with zero attached hydrogens (tertiary/aromatic N) is 2. The summed E-state index contributed by atoms with van der Waals surface area (Å²) in [6, 6.07) is 6.54. The topological polar surface area (TPSA) is 35.6 Å². The van der Waals surface area contributed by atoms with Gasteiger partial charge in [0.25, 0.3) is 0 Å². The highest BCUT2D eigenvalue weighted by Crippen LogP contribution is 2.18. The Labute approximate surface area is 124 Å². The van der Waals surface area contributed by atoms with Crippen LogP contribution in [0.2, 0.25) is 0 Å². The summed E-state index contributed by atoms with van der Waals surface area (Å²) < 4.78 is 12.9. The summed E-state index contributed by atoms with van der Waals surface area (Å²) >= 11 is 0. The number of piperazine rings is 1. The number of carbonyl (C=O) groups is 1. The molecule has 0 aliphatic carbocycles. The number of halogens is 1. The van der Waals surface area contributed by atoms with Crippen LogP contribution in [0.5, 0.6) is 0 Å². The van der Waals surface area contributed by atoms with Crippen LogP contribution in [-0.4, -0.2) is 50.1 Å². The highest BCUT2D eigenvalue weighted by Gasteiger charge is 2.24. The van der Waals surface area contributed by atoms with Gasteiger partial charge in [0.2, 0.25) is 5.91 Å². The molecular weight excluding hydrogens is 269 g/mol. The molecule has 2 fully saturated rings. The van der Waals surface area contributed by atoms with Gasteiger partial charge in [-0.05, 0) is 36.8 Å². The maximum atomic E-state index is 12.9. The van der Waals surface area contributed by atoms with E-state index in [0.29, 0.717) is 13.1 Å². The summed E-state index contributed by atoms with van der Waals surface area (Å²) in [5.74, 6) is -0.0609. The third-order valence-corrected chi connectivity index (χ3v) is 4.29. The van der Waals surface area contributed by atoms with Crippen molar-refractivity contribution in [3.63, 3.8) is 0 Å². The number of carbonyl (C=O) groups excluding carboxylic acids is 1. The smallest absolute Gasteiger partial charge is 0.249 e. The van der Waals surface area contributed by atoms with E-state index in [1.807, 2.05) is 11.8 Å². The number of hydrogen-bond donors (Lipinski definition) is 1. The van der Waals surface area contributed by atoms with E-state index in [0.717, 1.165) is 37.4 Å². The van der Waals surface area contributed by atoms with Gasteiger partial charge in [-0.2, -0.15) is 0 Å². The molecule has 2 saturated heterocycles. The molecule has 3 rings (SSSR count). The fourth-order valence-corrected chi connectivity index (χ4v) is 2.72. The molecular formula is C16H20FN3O. The van der Waals surface area contributed by atoms with Crippen LogP contribution >= 0.6 is 0 Å². The summed E-state index contributed by atoms with van der Waals surface area (Å²) in [7, 11) is 0. The van der Waals surface area contributed by atoms with Crippen LogP contribution in [0, 0.1) is 5.82 Å². The molecule has 2 aliphatic rings. The first-order valence-electron chi connectivity index (χ1n) is 7.34. The Bertz CT molecular complexity index is 553. The highest BCUT2D eigenvalue weighted by molar-refractivity contribution is 5.94. The minimum Gasteiger partial charge on any atom is -0.368 e. The lowest BCUT2D eigenvalue weighted by Crippen LogP contribution is -2.49. The van der Waals surface area contributed by atoms with Crippen molar-refractivity contribution in [1.82, 2.24) is 10.2 Å². The largest absolute Gasteiger partial charge is 0.368 e. The van der Waals surface area contributed by atoms with E-state index in [1.54, 1.807) is 12.1 Å². The molecule has 1 N–H and O–H groups in total. The van der Waals surface area contributed by atoms with E-state index in [2.05, 4.69) is 10.2 Å². The summed E-state index contributed by atoms with van der Waals surface area (Å²) in [6.07, 6.45) is 0. The van der Waals surface area contributed by atoms with Crippen LogP contribution in [0.1, 0.15) is 6.92 Å². The molecule has 1 aromatic rings. The van der Waals surface area contributed by atoms with Gasteiger partial charge in [-0.1, -0.05) is 0 Å². The summed E-state index contributed by atoms with van der Waals surface area (Å²) in [6.45, 7) is 6.62. The van der Waals surface area contributed by atoms with Gasteiger partial charge >= 0.3 is 0 Å². The number of amides is 1. The second kappa shape index (κ2) is 5.85. The van der Waals surface area contributed by atoms with Crippen molar-refractivity contribution in [1.29, 1.82) is 0 Å². The molecule has 2 aliphatic heterocycles. The van der Waals surface area contributed by atoms with Crippen molar-refractivity contribution in [3.05, 3.63) is 41.2 Å². The number of anilines is 1. The fraction of sp³-hybridized carbons (Fsp3) is 0.438. The van der Waals surface area contributed by atoms with Crippen molar-refractivity contribution in [2.24, 2.45) is 0 Å². The molecule has 0 spiro atoms. The molecule has 0 saturated carbocycles. The molecule has 0 unspecified atom stereocenters. The quantitative estimate of drug-likeness (QED) is 0.836. The van der Waals surface area contributed by atoms with E-state index in [1.165, 1.54) is 17.7 Å². The minimum absolute atomic E-state index is 0.158. The predicted molar refractivity (Wildman–Crippen MR) is 80.8 cm³/mol. The molecule has 5 heteroatoms. The molecule has 0 aromatic heterocycles. The third-order valence-electron chi connectivity index (χ3n) is 4.29. The number of benzene rings is 1. The number of hydrogen-bond acceptors (Lipinski definition) is 3. The molecule has 4 nitrogen and oxygen atoms in total. The van der Waals surface area contributed by atoms with E-state index >= 15 is 0 Å². The Morgan fingerprint density at radius 3 is 2.24 bits per heavy atom. The van der Waals surface area contributed by atoms with Crippen LogP contribution < -0.4 is 10.2 Å². The monoisotopic (exact) mass is 289 g/mol. The molecule has 21 heavy (non-hydrogen) atoms. The van der Waals surface area contributed by atoms with E-state index < -0.39 is 0 Å². The first kappa shape index (κ1) is 14.1. The Morgan fingerprint density at radius 2 is 1.71 bits per heavy atom. The SMILES string of the molecule is CC(C(=O)N1CCN(c2ccc(F)cc2)CC1)=C1CNC1.